The molecule has 2 aliphatic carbocycles. The highest BCUT2D eigenvalue weighted by Gasteiger charge is 2.61. The van der Waals surface area contributed by atoms with Crippen LogP contribution in [0.4, 0.5) is 18.4 Å². The molecular weight excluding hydrogens is 738 g/mol. The first kappa shape index (κ1) is 38.1. The summed E-state index contributed by atoms with van der Waals surface area (Å²) in [5.41, 5.74) is 5.63. The minimum absolute atomic E-state index is 0.163. The maximum Gasteiger partial charge on any atom is 0.407 e. The molecule has 57 heavy (non-hydrogen) atoms. The average Bonchev–Trinajstić information content (AvgIpc) is 4.04. The number of hydrogen-bond acceptors (Lipinski definition) is 8. The normalized spacial score (nSPS) is 20.5. The number of methoxy groups -OCH3 is 2. The van der Waals surface area contributed by atoms with Gasteiger partial charge in [-0.05, 0) is 77.1 Å². The molecule has 16 heteroatoms. The van der Waals surface area contributed by atoms with Crippen molar-refractivity contribution in [3.63, 3.8) is 0 Å². The molecule has 4 N–H and O–H groups in total. The van der Waals surface area contributed by atoms with Gasteiger partial charge in [-0.2, -0.15) is 0 Å². The summed E-state index contributed by atoms with van der Waals surface area (Å²) < 4.78 is 39.3. The number of fused-ring (bicyclic) bond motifs is 5. The lowest BCUT2D eigenvalue weighted by Gasteiger charge is -2.46. The van der Waals surface area contributed by atoms with Crippen molar-refractivity contribution >= 4 is 24.0 Å². The lowest BCUT2D eigenvalue weighted by molar-refractivity contribution is -0.135. The first-order chi connectivity index (χ1) is 27.3. The first-order valence-electron chi connectivity index (χ1n) is 19.4. The Morgan fingerprint density at radius 3 is 1.86 bits per heavy atom. The van der Waals surface area contributed by atoms with E-state index < -0.39 is 29.6 Å². The number of ether oxygens (including phenoxy) is 2. The number of rotatable bonds is 9. The Balaban J connectivity index is 1.05. The fraction of sp³-hybridized carbons (Fsp3) is 0.463. The number of benzene rings is 2. The molecule has 1 saturated carbocycles. The van der Waals surface area contributed by atoms with E-state index in [1.165, 1.54) is 14.2 Å². The van der Waals surface area contributed by atoms with Crippen LogP contribution >= 0.6 is 0 Å². The highest BCUT2D eigenvalue weighted by Crippen LogP contribution is 2.64. The van der Waals surface area contributed by atoms with Crippen LogP contribution in [0.3, 0.4) is 0 Å². The third-order valence-electron chi connectivity index (χ3n) is 12.0. The zero-order chi connectivity index (χ0) is 40.2. The van der Waals surface area contributed by atoms with Crippen molar-refractivity contribution < 1.29 is 37.4 Å². The predicted octanol–water partition coefficient (Wildman–Crippen LogP) is 6.23. The van der Waals surface area contributed by atoms with Gasteiger partial charge in [-0.3, -0.25) is 9.59 Å². The van der Waals surface area contributed by atoms with Crippen LogP contribution in [0.15, 0.2) is 48.8 Å². The van der Waals surface area contributed by atoms with Crippen LogP contribution in [0.2, 0.25) is 0 Å². The van der Waals surface area contributed by atoms with Crippen LogP contribution in [0.25, 0.3) is 33.6 Å². The van der Waals surface area contributed by atoms with Crippen LogP contribution in [-0.2, 0) is 24.5 Å². The van der Waals surface area contributed by atoms with E-state index in [2.05, 4.69) is 30.3 Å². The Kier molecular flexibility index (Phi) is 9.76. The molecule has 0 bridgehead atoms. The quantitative estimate of drug-likeness (QED) is 0.155. The fourth-order valence-electron chi connectivity index (χ4n) is 9.21. The topological polar surface area (TPSA) is 175 Å². The Labute approximate surface area is 328 Å². The number of carbonyl (C=O) groups is 4. The zero-order valence-electron chi connectivity index (χ0n) is 32.3. The van der Waals surface area contributed by atoms with Gasteiger partial charge in [0.25, 0.3) is 5.92 Å². The van der Waals surface area contributed by atoms with Crippen molar-refractivity contribution in [2.45, 2.75) is 81.8 Å². The number of aromatic nitrogens is 4. The highest BCUT2D eigenvalue weighted by molar-refractivity contribution is 5.88. The van der Waals surface area contributed by atoms with Gasteiger partial charge < -0.3 is 39.9 Å². The number of hydrogen-bond donors (Lipinski definition) is 4. The van der Waals surface area contributed by atoms with Crippen LogP contribution in [-0.4, -0.2) is 99.6 Å². The lowest BCUT2D eigenvalue weighted by atomic mass is 9.60. The average molecular weight is 785 g/mol. The number of alkyl carbamates (subject to hydrolysis) is 2. The van der Waals surface area contributed by atoms with E-state index >= 15 is 0 Å². The van der Waals surface area contributed by atoms with Crippen LogP contribution in [0.1, 0.15) is 87.2 Å². The standard InChI is InChI=1S/C41H46F2N8O6/c1-22(2)34(49-39(55)57-4)37(53)51-14-6-8-32(51)36-45-18-30(48-36)24-10-12-26-25-11-9-23(15-27(25)40(28(26)16-24)20-41(42,43)21-40)29-17-44-35(47-29)31-7-5-13-50(31)33(52)19-46-38(54)56-3/h9-12,15-18,22,31-32,34H,5-8,13-14,19-21H2,1-4H3,(H,44,47)(H,45,48)(H,46,54)(H,49,55)/t31?,32-,34?/m0/s1. The van der Waals surface area contributed by atoms with Crippen molar-refractivity contribution in [3.05, 3.63) is 71.6 Å². The summed E-state index contributed by atoms with van der Waals surface area (Å²) in [6.07, 6.45) is 4.42. The SMILES string of the molecule is COC(=O)NCC(=O)N1CCCC1c1ncc(-c2ccc3c(c2)C2(CC(F)(F)C2)c2cc(-c4cnc([C@@H]5CCCN5C(=O)C(NC(=O)OC)C(C)C)[nH]4)ccc2-3)[nH]1. The summed E-state index contributed by atoms with van der Waals surface area (Å²) in [5.74, 6) is -2.18. The molecule has 2 aromatic carbocycles. The fourth-order valence-corrected chi connectivity index (χ4v) is 9.21. The number of carbonyl (C=O) groups excluding carboxylic acids is 4. The van der Waals surface area contributed by atoms with E-state index in [4.69, 9.17) is 9.72 Å². The molecule has 4 aromatic rings. The van der Waals surface area contributed by atoms with Crippen LogP contribution in [0.5, 0.6) is 0 Å². The molecule has 14 nitrogen and oxygen atoms in total. The Bertz CT molecular complexity index is 2230. The lowest BCUT2D eigenvalue weighted by Crippen LogP contribution is -2.51. The number of imidazole rings is 2. The number of alkyl halides is 2. The van der Waals surface area contributed by atoms with Gasteiger partial charge in [-0.15, -0.1) is 0 Å². The molecule has 300 valence electrons. The Morgan fingerprint density at radius 2 is 1.35 bits per heavy atom. The molecule has 2 aliphatic heterocycles. The van der Waals surface area contributed by atoms with Crippen LogP contribution < -0.4 is 10.6 Å². The molecular formula is C41H46F2N8O6. The van der Waals surface area contributed by atoms with Gasteiger partial charge in [0.1, 0.15) is 24.2 Å². The highest BCUT2D eigenvalue weighted by atomic mass is 19.3. The molecule has 2 saturated heterocycles. The summed E-state index contributed by atoms with van der Waals surface area (Å²) in [6.45, 7) is 4.60. The number of halogens is 2. The van der Waals surface area contributed by atoms with E-state index in [-0.39, 0.29) is 49.2 Å². The third-order valence-corrected chi connectivity index (χ3v) is 12.0. The molecule has 3 atom stereocenters. The second kappa shape index (κ2) is 14.6. The Hall–Kier alpha value is -5.80. The van der Waals surface area contributed by atoms with E-state index in [1.54, 1.807) is 22.2 Å². The van der Waals surface area contributed by atoms with Crippen molar-refractivity contribution in [1.29, 1.82) is 0 Å². The van der Waals surface area contributed by atoms with Crippen molar-refractivity contribution in [2.75, 3.05) is 33.9 Å². The smallest absolute Gasteiger partial charge is 0.407 e. The maximum absolute atomic E-state index is 15.0. The number of aromatic amines is 2. The van der Waals surface area contributed by atoms with Gasteiger partial charge in [-0.25, -0.2) is 28.3 Å². The second-order valence-corrected chi connectivity index (χ2v) is 15.8. The number of H-pyrrole nitrogens is 2. The summed E-state index contributed by atoms with van der Waals surface area (Å²) in [7, 11) is 2.50. The van der Waals surface area contributed by atoms with E-state index in [1.807, 2.05) is 50.2 Å². The van der Waals surface area contributed by atoms with Crippen molar-refractivity contribution in [3.8, 4) is 33.6 Å². The van der Waals surface area contributed by atoms with Gasteiger partial charge in [-0.1, -0.05) is 38.1 Å². The van der Waals surface area contributed by atoms with Gasteiger partial charge in [0.05, 0.1) is 50.1 Å². The summed E-state index contributed by atoms with van der Waals surface area (Å²) in [5, 5.41) is 5.12. The van der Waals surface area contributed by atoms with Gasteiger partial charge in [0.15, 0.2) is 0 Å². The van der Waals surface area contributed by atoms with Gasteiger partial charge >= 0.3 is 12.2 Å². The molecule has 2 unspecified atom stereocenters. The number of nitrogens with zero attached hydrogens (tertiary/aromatic N) is 4. The molecule has 0 radical (unpaired) electrons. The molecule has 2 aromatic heterocycles. The van der Waals surface area contributed by atoms with Crippen molar-refractivity contribution in [1.82, 2.24) is 40.4 Å². The van der Waals surface area contributed by atoms with E-state index in [9.17, 15) is 28.0 Å². The molecule has 1 spiro atoms. The summed E-state index contributed by atoms with van der Waals surface area (Å²) in [6, 6.07) is 10.5. The molecule has 4 amide bonds. The second-order valence-electron chi connectivity index (χ2n) is 15.8. The van der Waals surface area contributed by atoms with E-state index in [0.29, 0.717) is 49.0 Å². The monoisotopic (exact) mass is 784 g/mol. The molecule has 4 heterocycles. The van der Waals surface area contributed by atoms with Gasteiger partial charge in [0, 0.05) is 31.3 Å². The largest absolute Gasteiger partial charge is 0.453 e. The Morgan fingerprint density at radius 1 is 0.825 bits per heavy atom. The van der Waals surface area contributed by atoms with Crippen LogP contribution in [0, 0.1) is 5.92 Å². The minimum atomic E-state index is -2.82. The molecule has 3 fully saturated rings. The first-order valence-corrected chi connectivity index (χ1v) is 19.4. The predicted molar refractivity (Wildman–Crippen MR) is 204 cm³/mol. The minimum Gasteiger partial charge on any atom is -0.453 e. The number of amides is 4. The van der Waals surface area contributed by atoms with E-state index in [0.717, 1.165) is 46.2 Å². The van der Waals surface area contributed by atoms with Crippen molar-refractivity contribution in [2.24, 2.45) is 5.92 Å². The number of likely N-dealkylation sites (tertiary alicyclic amines) is 2. The maximum atomic E-state index is 15.0. The third kappa shape index (κ3) is 6.78. The molecule has 8 rings (SSSR count). The summed E-state index contributed by atoms with van der Waals surface area (Å²) in [4.78, 5) is 69.8. The molecule has 4 aliphatic rings. The summed E-state index contributed by atoms with van der Waals surface area (Å²) >= 11 is 0. The number of nitrogens with one attached hydrogen (secondary N) is 4. The zero-order valence-corrected chi connectivity index (χ0v) is 32.3. The van der Waals surface area contributed by atoms with Gasteiger partial charge in [0.2, 0.25) is 11.8 Å².